The maximum Gasteiger partial charge on any atom is 0.181 e. The van der Waals surface area contributed by atoms with Crippen molar-refractivity contribution >= 4 is 39.7 Å². The van der Waals surface area contributed by atoms with Gasteiger partial charge in [-0.05, 0) is 28.5 Å². The molecule has 0 aliphatic rings. The quantitative estimate of drug-likeness (QED) is 0.740. The van der Waals surface area contributed by atoms with E-state index in [0.717, 1.165) is 25.8 Å². The summed E-state index contributed by atoms with van der Waals surface area (Å²) in [6, 6.07) is 0. The van der Waals surface area contributed by atoms with Crippen LogP contribution in [0.3, 0.4) is 0 Å². The first kappa shape index (κ1) is 16.6. The highest BCUT2D eigenvalue weighted by Gasteiger charge is 2.21. The molecular formula is C15H21IN4S. The van der Waals surface area contributed by atoms with E-state index in [4.69, 9.17) is 9.97 Å². The largest absolute Gasteiger partial charge is 0.372 e. The summed E-state index contributed by atoms with van der Waals surface area (Å²) in [5.41, 5.74) is 1.98. The van der Waals surface area contributed by atoms with Crippen LogP contribution in [-0.2, 0) is 5.41 Å². The normalized spacial score (nSPS) is 12.0. The van der Waals surface area contributed by atoms with Crippen molar-refractivity contribution in [2.24, 2.45) is 0 Å². The molecule has 0 amide bonds. The molecule has 0 radical (unpaired) electrons. The highest BCUT2D eigenvalue weighted by atomic mass is 127. The second-order valence-electron chi connectivity index (χ2n) is 6.29. The van der Waals surface area contributed by atoms with Gasteiger partial charge in [0.15, 0.2) is 5.82 Å². The molecule has 2 heterocycles. The Hall–Kier alpha value is -0.760. The number of rotatable bonds is 3. The zero-order valence-electron chi connectivity index (χ0n) is 13.3. The van der Waals surface area contributed by atoms with Gasteiger partial charge in [0.2, 0.25) is 0 Å². The fourth-order valence-corrected chi connectivity index (χ4v) is 3.87. The Bertz CT molecular complexity index is 644. The second-order valence-corrected chi connectivity index (χ2v) is 8.22. The first-order chi connectivity index (χ1) is 9.74. The van der Waals surface area contributed by atoms with E-state index in [0.29, 0.717) is 11.7 Å². The lowest BCUT2D eigenvalue weighted by Gasteiger charge is -2.14. The lowest BCUT2D eigenvalue weighted by Crippen LogP contribution is -2.10. The standard InChI is InChI=1S/C15H21IN4S/c1-8(2)11-10(16)13(17-6)20-12(19-11)9-7-21-14(18-9)15(3,4)5/h7-8H,1-6H3,(H,17,19,20). The van der Waals surface area contributed by atoms with Crippen molar-refractivity contribution in [1.82, 2.24) is 15.0 Å². The molecule has 2 aromatic rings. The fourth-order valence-electron chi connectivity index (χ4n) is 1.85. The smallest absolute Gasteiger partial charge is 0.181 e. The summed E-state index contributed by atoms with van der Waals surface area (Å²) in [6.07, 6.45) is 0. The molecule has 1 N–H and O–H groups in total. The van der Waals surface area contributed by atoms with Crippen LogP contribution in [0.25, 0.3) is 11.5 Å². The minimum absolute atomic E-state index is 0.0544. The minimum Gasteiger partial charge on any atom is -0.372 e. The molecule has 2 rings (SSSR count). The molecule has 0 atom stereocenters. The first-order valence-electron chi connectivity index (χ1n) is 6.95. The molecular weight excluding hydrogens is 395 g/mol. The van der Waals surface area contributed by atoms with Gasteiger partial charge in [-0.1, -0.05) is 34.6 Å². The Balaban J connectivity index is 2.54. The van der Waals surface area contributed by atoms with E-state index >= 15 is 0 Å². The van der Waals surface area contributed by atoms with E-state index in [9.17, 15) is 0 Å². The molecule has 2 aromatic heterocycles. The van der Waals surface area contributed by atoms with Gasteiger partial charge >= 0.3 is 0 Å². The molecule has 0 bridgehead atoms. The third kappa shape index (κ3) is 3.53. The highest BCUT2D eigenvalue weighted by molar-refractivity contribution is 14.1. The topological polar surface area (TPSA) is 50.7 Å². The Morgan fingerprint density at radius 2 is 1.86 bits per heavy atom. The molecule has 0 saturated carbocycles. The van der Waals surface area contributed by atoms with E-state index in [1.54, 1.807) is 11.3 Å². The van der Waals surface area contributed by atoms with E-state index in [2.05, 4.69) is 67.5 Å². The van der Waals surface area contributed by atoms with Crippen LogP contribution in [0.15, 0.2) is 5.38 Å². The van der Waals surface area contributed by atoms with Gasteiger partial charge in [0, 0.05) is 17.8 Å². The molecule has 0 unspecified atom stereocenters. The molecule has 114 valence electrons. The van der Waals surface area contributed by atoms with E-state index < -0.39 is 0 Å². The summed E-state index contributed by atoms with van der Waals surface area (Å²) in [5, 5.41) is 6.31. The van der Waals surface area contributed by atoms with Crippen molar-refractivity contribution in [3.05, 3.63) is 19.7 Å². The van der Waals surface area contributed by atoms with E-state index in [1.807, 2.05) is 12.4 Å². The third-order valence-electron chi connectivity index (χ3n) is 3.04. The Morgan fingerprint density at radius 1 is 1.19 bits per heavy atom. The second kappa shape index (κ2) is 6.16. The van der Waals surface area contributed by atoms with Gasteiger partial charge < -0.3 is 5.32 Å². The molecule has 0 aromatic carbocycles. The number of halogens is 1. The zero-order valence-corrected chi connectivity index (χ0v) is 16.3. The number of nitrogens with one attached hydrogen (secondary N) is 1. The summed E-state index contributed by atoms with van der Waals surface area (Å²) in [6.45, 7) is 10.8. The molecule has 0 aliphatic heterocycles. The Labute approximate surface area is 144 Å². The van der Waals surface area contributed by atoms with Crippen LogP contribution in [0.2, 0.25) is 0 Å². The highest BCUT2D eigenvalue weighted by Crippen LogP contribution is 2.31. The predicted octanol–water partition coefficient (Wildman–Crippen LogP) is 4.67. The Morgan fingerprint density at radius 3 is 2.33 bits per heavy atom. The van der Waals surface area contributed by atoms with Gasteiger partial charge in [-0.15, -0.1) is 11.3 Å². The predicted molar refractivity (Wildman–Crippen MR) is 98.2 cm³/mol. The van der Waals surface area contributed by atoms with Gasteiger partial charge in [0.25, 0.3) is 0 Å². The van der Waals surface area contributed by atoms with Crippen molar-refractivity contribution in [2.45, 2.75) is 46.0 Å². The number of anilines is 1. The van der Waals surface area contributed by atoms with Crippen LogP contribution in [0, 0.1) is 3.57 Å². The van der Waals surface area contributed by atoms with Crippen molar-refractivity contribution in [3.8, 4) is 11.5 Å². The number of nitrogens with zero attached hydrogens (tertiary/aromatic N) is 3. The number of hydrogen-bond acceptors (Lipinski definition) is 5. The summed E-state index contributed by atoms with van der Waals surface area (Å²) in [5.74, 6) is 1.93. The summed E-state index contributed by atoms with van der Waals surface area (Å²) < 4.78 is 1.08. The first-order valence-corrected chi connectivity index (χ1v) is 8.91. The fraction of sp³-hybridized carbons (Fsp3) is 0.533. The van der Waals surface area contributed by atoms with Crippen LogP contribution in [-0.4, -0.2) is 22.0 Å². The summed E-state index contributed by atoms with van der Waals surface area (Å²) in [4.78, 5) is 14.1. The van der Waals surface area contributed by atoms with Gasteiger partial charge in [0.05, 0.1) is 14.3 Å². The average Bonchev–Trinajstić information content (AvgIpc) is 2.88. The van der Waals surface area contributed by atoms with E-state index in [-0.39, 0.29) is 5.41 Å². The number of aromatic nitrogens is 3. The molecule has 0 spiro atoms. The summed E-state index contributed by atoms with van der Waals surface area (Å²) >= 11 is 3.97. The number of hydrogen-bond donors (Lipinski definition) is 1. The summed E-state index contributed by atoms with van der Waals surface area (Å²) in [7, 11) is 1.89. The molecule has 6 heteroatoms. The monoisotopic (exact) mass is 416 g/mol. The molecule has 21 heavy (non-hydrogen) atoms. The van der Waals surface area contributed by atoms with Crippen LogP contribution in [0.4, 0.5) is 5.82 Å². The molecule has 0 aliphatic carbocycles. The van der Waals surface area contributed by atoms with E-state index in [1.165, 1.54) is 0 Å². The van der Waals surface area contributed by atoms with Crippen molar-refractivity contribution in [1.29, 1.82) is 0 Å². The van der Waals surface area contributed by atoms with Gasteiger partial charge in [-0.25, -0.2) is 15.0 Å². The van der Waals surface area contributed by atoms with Crippen molar-refractivity contribution < 1.29 is 0 Å². The lowest BCUT2D eigenvalue weighted by molar-refractivity contribution is 0.585. The SMILES string of the molecule is CNc1nc(-c2csc(C(C)(C)C)n2)nc(C(C)C)c1I. The van der Waals surface area contributed by atoms with Crippen molar-refractivity contribution in [3.63, 3.8) is 0 Å². The zero-order chi connectivity index (χ0) is 15.8. The van der Waals surface area contributed by atoms with Crippen molar-refractivity contribution in [2.75, 3.05) is 12.4 Å². The maximum absolute atomic E-state index is 4.73. The third-order valence-corrected chi connectivity index (χ3v) is 5.37. The van der Waals surface area contributed by atoms with Crippen LogP contribution in [0.5, 0.6) is 0 Å². The maximum atomic E-state index is 4.73. The van der Waals surface area contributed by atoms with Crippen LogP contribution < -0.4 is 5.32 Å². The molecule has 4 nitrogen and oxygen atoms in total. The lowest BCUT2D eigenvalue weighted by atomic mass is 9.98. The molecule has 0 fully saturated rings. The Kier molecular flexibility index (Phi) is 4.87. The molecule has 0 saturated heterocycles. The van der Waals surface area contributed by atoms with Gasteiger partial charge in [0.1, 0.15) is 11.5 Å². The van der Waals surface area contributed by atoms with Gasteiger partial charge in [-0.2, -0.15) is 0 Å². The van der Waals surface area contributed by atoms with Crippen LogP contribution >= 0.6 is 33.9 Å². The van der Waals surface area contributed by atoms with Gasteiger partial charge in [-0.3, -0.25) is 0 Å². The average molecular weight is 416 g/mol. The number of thiazole rings is 1. The minimum atomic E-state index is 0.0544. The van der Waals surface area contributed by atoms with Crippen LogP contribution in [0.1, 0.15) is 51.2 Å².